The second kappa shape index (κ2) is 8.52. The van der Waals surface area contributed by atoms with Crippen LogP contribution in [0, 0.1) is 0 Å². The number of unbranched alkanes of at least 4 members (excludes halogenated alkanes) is 1. The third kappa shape index (κ3) is 3.69. The largest absolute Gasteiger partial charge is 0.497 e. The number of methoxy groups -OCH3 is 2. The smallest absolute Gasteiger partial charge is 0.120 e. The molecule has 0 unspecified atom stereocenters. The Kier molecular flexibility index (Phi) is 6.12. The van der Waals surface area contributed by atoms with Crippen LogP contribution in [0.25, 0.3) is 22.3 Å². The fourth-order valence-electron chi connectivity index (χ4n) is 3.17. The zero-order valence-electron chi connectivity index (χ0n) is 15.5. The maximum absolute atomic E-state index is 6.52. The fourth-order valence-corrected chi connectivity index (χ4v) is 3.43. The van der Waals surface area contributed by atoms with Gasteiger partial charge in [-0.2, -0.15) is 0 Å². The van der Waals surface area contributed by atoms with Gasteiger partial charge in [0.2, 0.25) is 0 Å². The minimum Gasteiger partial charge on any atom is -0.497 e. The quantitative estimate of drug-likeness (QED) is 0.534. The molecule has 2 heterocycles. The van der Waals surface area contributed by atoms with E-state index in [2.05, 4.69) is 16.5 Å². The molecule has 0 saturated carbocycles. The van der Waals surface area contributed by atoms with Gasteiger partial charge in [-0.15, -0.1) is 0 Å². The SMILES string of the molecule is CCc1nc2ccnc(-c3ccc(OC)cc3Cl)c2n1CCCCOC. The van der Waals surface area contributed by atoms with Gasteiger partial charge in [0.1, 0.15) is 11.6 Å². The number of fused-ring (bicyclic) bond motifs is 1. The molecule has 138 valence electrons. The summed E-state index contributed by atoms with van der Waals surface area (Å²) in [6.07, 6.45) is 4.70. The van der Waals surface area contributed by atoms with Crippen molar-refractivity contribution in [2.24, 2.45) is 0 Å². The van der Waals surface area contributed by atoms with Crippen LogP contribution in [0.5, 0.6) is 5.75 Å². The van der Waals surface area contributed by atoms with Crippen LogP contribution in [-0.4, -0.2) is 35.4 Å². The van der Waals surface area contributed by atoms with E-state index in [0.717, 1.165) is 66.3 Å². The second-order valence-electron chi connectivity index (χ2n) is 6.11. The number of hydrogen-bond donors (Lipinski definition) is 0. The van der Waals surface area contributed by atoms with Crippen molar-refractivity contribution in [1.29, 1.82) is 0 Å². The van der Waals surface area contributed by atoms with Crippen LogP contribution in [-0.2, 0) is 17.7 Å². The highest BCUT2D eigenvalue weighted by Gasteiger charge is 2.17. The van der Waals surface area contributed by atoms with E-state index >= 15 is 0 Å². The summed E-state index contributed by atoms with van der Waals surface area (Å²) in [6, 6.07) is 7.64. The van der Waals surface area contributed by atoms with Crippen LogP contribution in [0.1, 0.15) is 25.6 Å². The summed E-state index contributed by atoms with van der Waals surface area (Å²) in [5, 5.41) is 0.620. The molecule has 1 aromatic carbocycles. The number of hydrogen-bond acceptors (Lipinski definition) is 4. The first kappa shape index (κ1) is 18.7. The van der Waals surface area contributed by atoms with Gasteiger partial charge in [-0.3, -0.25) is 4.98 Å². The minimum atomic E-state index is 0.620. The topological polar surface area (TPSA) is 49.2 Å². The molecular formula is C20H24ClN3O2. The number of ether oxygens (including phenoxy) is 2. The second-order valence-corrected chi connectivity index (χ2v) is 6.51. The van der Waals surface area contributed by atoms with Gasteiger partial charge in [0.25, 0.3) is 0 Å². The molecule has 0 amide bonds. The van der Waals surface area contributed by atoms with Gasteiger partial charge < -0.3 is 14.0 Å². The number of rotatable bonds is 8. The monoisotopic (exact) mass is 373 g/mol. The molecule has 6 heteroatoms. The van der Waals surface area contributed by atoms with Crippen molar-refractivity contribution < 1.29 is 9.47 Å². The average Bonchev–Trinajstić information content (AvgIpc) is 3.03. The van der Waals surface area contributed by atoms with E-state index in [4.69, 9.17) is 26.1 Å². The number of pyridine rings is 1. The molecule has 2 aromatic heterocycles. The van der Waals surface area contributed by atoms with Gasteiger partial charge in [0.05, 0.1) is 28.9 Å². The van der Waals surface area contributed by atoms with Gasteiger partial charge >= 0.3 is 0 Å². The highest BCUT2D eigenvalue weighted by atomic mass is 35.5. The van der Waals surface area contributed by atoms with Gasteiger partial charge in [0.15, 0.2) is 0 Å². The minimum absolute atomic E-state index is 0.620. The Balaban J connectivity index is 2.09. The van der Waals surface area contributed by atoms with Crippen molar-refractivity contribution >= 4 is 22.6 Å². The van der Waals surface area contributed by atoms with E-state index in [1.54, 1.807) is 20.4 Å². The maximum atomic E-state index is 6.52. The lowest BCUT2D eigenvalue weighted by Gasteiger charge is -2.12. The van der Waals surface area contributed by atoms with Crippen molar-refractivity contribution in [3.8, 4) is 17.0 Å². The van der Waals surface area contributed by atoms with Gasteiger partial charge in [-0.05, 0) is 37.1 Å². The molecule has 3 rings (SSSR count). The summed E-state index contributed by atoms with van der Waals surface area (Å²) in [7, 11) is 3.37. The maximum Gasteiger partial charge on any atom is 0.120 e. The van der Waals surface area contributed by atoms with E-state index in [1.807, 2.05) is 24.3 Å². The number of halogens is 1. The molecule has 0 bridgehead atoms. The molecule has 5 nitrogen and oxygen atoms in total. The van der Waals surface area contributed by atoms with Crippen LogP contribution in [0.2, 0.25) is 5.02 Å². The Bertz CT molecular complexity index is 892. The highest BCUT2D eigenvalue weighted by Crippen LogP contribution is 2.34. The van der Waals surface area contributed by atoms with Gasteiger partial charge in [-0.1, -0.05) is 18.5 Å². The molecule has 0 spiro atoms. The number of imidazole rings is 1. The Hall–Kier alpha value is -2.11. The van der Waals surface area contributed by atoms with Gasteiger partial charge in [-0.25, -0.2) is 4.98 Å². The third-order valence-electron chi connectivity index (χ3n) is 4.46. The van der Waals surface area contributed by atoms with Crippen LogP contribution >= 0.6 is 11.6 Å². The lowest BCUT2D eigenvalue weighted by molar-refractivity contribution is 0.191. The number of aromatic nitrogens is 3. The van der Waals surface area contributed by atoms with E-state index < -0.39 is 0 Å². The molecule has 0 aliphatic rings. The highest BCUT2D eigenvalue weighted by molar-refractivity contribution is 6.33. The molecule has 3 aromatic rings. The third-order valence-corrected chi connectivity index (χ3v) is 4.77. The van der Waals surface area contributed by atoms with Crippen molar-refractivity contribution in [2.75, 3.05) is 20.8 Å². The Labute approximate surface area is 158 Å². The molecule has 0 aliphatic carbocycles. The van der Waals surface area contributed by atoms with Crippen LogP contribution < -0.4 is 4.74 Å². The standard InChI is InChI=1S/C20H24ClN3O2/c1-4-18-23-17-9-10-22-19(15-8-7-14(26-3)13-16(15)21)20(17)24(18)11-5-6-12-25-2/h7-10,13H,4-6,11-12H2,1-3H3. The summed E-state index contributed by atoms with van der Waals surface area (Å²) >= 11 is 6.52. The molecule has 0 aliphatic heterocycles. The zero-order chi connectivity index (χ0) is 18.5. The van der Waals surface area contributed by atoms with Crippen LogP contribution in [0.4, 0.5) is 0 Å². The molecule has 0 N–H and O–H groups in total. The van der Waals surface area contributed by atoms with E-state index in [1.165, 1.54) is 0 Å². The van der Waals surface area contributed by atoms with Crippen LogP contribution in [0.3, 0.4) is 0 Å². The lowest BCUT2D eigenvalue weighted by atomic mass is 10.1. The Morgan fingerprint density at radius 2 is 2.00 bits per heavy atom. The zero-order valence-corrected chi connectivity index (χ0v) is 16.2. The predicted octanol–water partition coefficient (Wildman–Crippen LogP) is 4.75. The predicted molar refractivity (Wildman–Crippen MR) is 105 cm³/mol. The molecule has 26 heavy (non-hydrogen) atoms. The normalized spacial score (nSPS) is 11.2. The Morgan fingerprint density at radius 1 is 1.15 bits per heavy atom. The van der Waals surface area contributed by atoms with E-state index in [9.17, 15) is 0 Å². The van der Waals surface area contributed by atoms with Crippen molar-refractivity contribution in [2.45, 2.75) is 32.7 Å². The number of aryl methyl sites for hydroxylation is 2. The first-order valence-corrected chi connectivity index (χ1v) is 9.24. The fraction of sp³-hybridized carbons (Fsp3) is 0.400. The van der Waals surface area contributed by atoms with Crippen LogP contribution in [0.15, 0.2) is 30.5 Å². The lowest BCUT2D eigenvalue weighted by Crippen LogP contribution is -2.05. The average molecular weight is 374 g/mol. The van der Waals surface area contributed by atoms with Crippen molar-refractivity contribution in [1.82, 2.24) is 14.5 Å². The summed E-state index contributed by atoms with van der Waals surface area (Å²) in [5.41, 5.74) is 3.73. The molecular weight excluding hydrogens is 350 g/mol. The van der Waals surface area contributed by atoms with Crippen molar-refractivity contribution in [3.63, 3.8) is 0 Å². The molecule has 0 atom stereocenters. The molecule has 0 saturated heterocycles. The first-order chi connectivity index (χ1) is 12.7. The van der Waals surface area contributed by atoms with Crippen molar-refractivity contribution in [3.05, 3.63) is 41.3 Å². The van der Waals surface area contributed by atoms with E-state index in [-0.39, 0.29) is 0 Å². The van der Waals surface area contributed by atoms with Gasteiger partial charge in [0, 0.05) is 38.4 Å². The Morgan fingerprint density at radius 3 is 2.69 bits per heavy atom. The molecule has 0 fully saturated rings. The summed E-state index contributed by atoms with van der Waals surface area (Å²) in [4.78, 5) is 9.44. The first-order valence-electron chi connectivity index (χ1n) is 8.86. The van der Waals surface area contributed by atoms with E-state index in [0.29, 0.717) is 5.02 Å². The number of nitrogens with zero attached hydrogens (tertiary/aromatic N) is 3. The number of benzene rings is 1. The molecule has 0 radical (unpaired) electrons. The summed E-state index contributed by atoms with van der Waals surface area (Å²) < 4.78 is 12.7. The summed E-state index contributed by atoms with van der Waals surface area (Å²) in [6.45, 7) is 3.78. The summed E-state index contributed by atoms with van der Waals surface area (Å²) in [5.74, 6) is 1.80.